The molecule has 0 aliphatic carbocycles. The summed E-state index contributed by atoms with van der Waals surface area (Å²) >= 11 is 0. The van der Waals surface area contributed by atoms with E-state index in [0.717, 1.165) is 4.90 Å². The zero-order valence-corrected chi connectivity index (χ0v) is 7.09. The van der Waals surface area contributed by atoms with E-state index in [-0.39, 0.29) is 0 Å². The highest BCUT2D eigenvalue weighted by Crippen LogP contribution is 1.94. The minimum atomic E-state index is -2.77. The fourth-order valence-electron chi connectivity index (χ4n) is 0.206. The van der Waals surface area contributed by atoms with Crippen LogP contribution in [0.15, 0.2) is 0 Å². The Morgan fingerprint density at radius 3 is 2.33 bits per heavy atom. The van der Waals surface area contributed by atoms with Gasteiger partial charge in [0.1, 0.15) is 0 Å². The van der Waals surface area contributed by atoms with Crippen LogP contribution < -0.4 is 4.90 Å². The monoisotopic (exact) mass is 172 g/mol. The van der Waals surface area contributed by atoms with Crippen LogP contribution in [0.4, 0.5) is 0 Å². The first-order valence-electron chi connectivity index (χ1n) is 2.42. The summed E-state index contributed by atoms with van der Waals surface area (Å²) in [5.41, 5.74) is 0. The van der Waals surface area contributed by atoms with Crippen LogP contribution in [0.5, 0.6) is 0 Å². The Morgan fingerprint density at radius 1 is 1.78 bits per heavy atom. The molecule has 0 aromatic heterocycles. The van der Waals surface area contributed by atoms with Crippen molar-refractivity contribution in [2.24, 2.45) is 0 Å². The lowest BCUT2D eigenvalue weighted by Crippen LogP contribution is -3.06. The molecule has 0 aromatic carbocycles. The predicted molar refractivity (Wildman–Crippen MR) is 39.9 cm³/mol. The van der Waals surface area contributed by atoms with E-state index in [9.17, 15) is 4.21 Å². The summed E-state index contributed by atoms with van der Waals surface area (Å²) in [6.45, 7) is 0.311. The van der Waals surface area contributed by atoms with Crippen molar-refractivity contribution >= 4 is 25.6 Å². The van der Waals surface area contributed by atoms with Crippen LogP contribution >= 0.6 is 10.7 Å². The van der Waals surface area contributed by atoms with Gasteiger partial charge in [0.2, 0.25) is 0 Å². The molecule has 0 bridgehead atoms. The Balaban J connectivity index is 3.53. The Kier molecular flexibility index (Phi) is 3.50. The highest BCUT2D eigenvalue weighted by Gasteiger charge is 1.99. The molecule has 0 rings (SSSR count). The summed E-state index contributed by atoms with van der Waals surface area (Å²) in [5, 5.41) is 0. The van der Waals surface area contributed by atoms with Crippen molar-refractivity contribution in [3.8, 4) is 0 Å². The summed E-state index contributed by atoms with van der Waals surface area (Å²) < 4.78 is 15.1. The fourth-order valence-corrected chi connectivity index (χ4v) is 0.751. The van der Waals surface area contributed by atoms with Crippen LogP contribution in [0.2, 0.25) is 0 Å². The molecule has 0 saturated heterocycles. The van der Waals surface area contributed by atoms with Crippen molar-refractivity contribution in [2.75, 3.05) is 20.8 Å². The van der Waals surface area contributed by atoms with Crippen LogP contribution in [0, 0.1) is 0 Å². The van der Waals surface area contributed by atoms with E-state index in [0.29, 0.717) is 6.73 Å². The Bertz CT molecular complexity index is 163. The summed E-state index contributed by atoms with van der Waals surface area (Å²) in [4.78, 5) is 1.02. The van der Waals surface area contributed by atoms with Gasteiger partial charge in [0.15, 0.2) is 15.7 Å². The van der Waals surface area contributed by atoms with Gasteiger partial charge in [-0.15, -0.1) is 0 Å². The van der Waals surface area contributed by atoms with Gasteiger partial charge in [-0.3, -0.25) is 0 Å². The minimum Gasteiger partial charge on any atom is -0.316 e. The van der Waals surface area contributed by atoms with Gasteiger partial charge in [0.25, 0.3) is 0 Å². The van der Waals surface area contributed by atoms with E-state index in [2.05, 4.69) is 10.1 Å². The van der Waals surface area contributed by atoms with E-state index in [4.69, 9.17) is 10.7 Å². The second-order valence-electron chi connectivity index (χ2n) is 2.01. The summed E-state index contributed by atoms with van der Waals surface area (Å²) in [7, 11) is 6.12. The summed E-state index contributed by atoms with van der Waals surface area (Å²) in [6.07, 6.45) is 0. The lowest BCUT2D eigenvalue weighted by atomic mass is 11.0. The van der Waals surface area contributed by atoms with Gasteiger partial charge >= 0.3 is 0 Å². The molecule has 0 aliphatic rings. The molecule has 9 heavy (non-hydrogen) atoms. The highest BCUT2D eigenvalue weighted by molar-refractivity contribution is 8.17. The van der Waals surface area contributed by atoms with Gasteiger partial charge in [0, 0.05) is 10.7 Å². The van der Waals surface area contributed by atoms with Crippen molar-refractivity contribution in [3.63, 3.8) is 0 Å². The molecule has 1 unspecified atom stereocenters. The molecule has 0 aliphatic heterocycles. The predicted octanol–water partition coefficient (Wildman–Crippen LogP) is -1.11. The van der Waals surface area contributed by atoms with Gasteiger partial charge in [-0.1, -0.05) is 0 Å². The molecule has 0 spiro atoms. The van der Waals surface area contributed by atoms with Crippen LogP contribution in [-0.4, -0.2) is 30.9 Å². The van der Waals surface area contributed by atoms with Crippen molar-refractivity contribution in [1.82, 2.24) is 0 Å². The molecule has 1 atom stereocenters. The van der Waals surface area contributed by atoms with Crippen molar-refractivity contribution in [2.45, 2.75) is 0 Å². The standard InChI is InChI=1S/C4H10ClNO2S/c1-6(2)4-8-9(3,5)7/h3-4H2,1-2H3/p+1. The maximum Gasteiger partial charge on any atom is 0.197 e. The molecule has 0 saturated carbocycles. The molecule has 0 aromatic rings. The molecular weight excluding hydrogens is 162 g/mol. The number of rotatable bonds is 3. The molecule has 3 nitrogen and oxygen atoms in total. The number of halogens is 1. The van der Waals surface area contributed by atoms with Crippen molar-refractivity contribution in [3.05, 3.63) is 0 Å². The topological polar surface area (TPSA) is 30.7 Å². The summed E-state index contributed by atoms with van der Waals surface area (Å²) in [6, 6.07) is 0. The van der Waals surface area contributed by atoms with Crippen LogP contribution in [0.3, 0.4) is 0 Å². The quantitative estimate of drug-likeness (QED) is 0.333. The first kappa shape index (κ1) is 9.23. The largest absolute Gasteiger partial charge is 0.316 e. The van der Waals surface area contributed by atoms with Gasteiger partial charge in [0.05, 0.1) is 14.1 Å². The number of hydrogen-bond donors (Lipinski definition) is 1. The molecule has 0 amide bonds. The first-order valence-corrected chi connectivity index (χ1v) is 4.90. The average molecular weight is 173 g/mol. The smallest absolute Gasteiger partial charge is 0.197 e. The highest BCUT2D eigenvalue weighted by atomic mass is 35.7. The number of hydrogen-bond acceptors (Lipinski definition) is 2. The zero-order valence-electron chi connectivity index (χ0n) is 5.52. The molecular formula is C4H11ClNO2S+. The van der Waals surface area contributed by atoms with E-state index < -0.39 is 9.02 Å². The third-order valence-electron chi connectivity index (χ3n) is 0.524. The van der Waals surface area contributed by atoms with Gasteiger partial charge in [-0.05, 0) is 5.87 Å². The fraction of sp³-hybridized carbons (Fsp3) is 0.750. The second-order valence-corrected chi connectivity index (χ2v) is 4.73. The lowest BCUT2D eigenvalue weighted by Gasteiger charge is -2.05. The molecule has 0 fully saturated rings. The molecule has 1 N–H and O–H groups in total. The Morgan fingerprint density at radius 2 is 2.22 bits per heavy atom. The molecule has 56 valence electrons. The molecule has 0 radical (unpaired) electrons. The van der Waals surface area contributed by atoms with Crippen LogP contribution in [-0.2, 0) is 13.2 Å². The molecule has 0 heterocycles. The van der Waals surface area contributed by atoms with E-state index in [1.807, 2.05) is 14.1 Å². The normalized spacial score (nSPS) is 17.8. The lowest BCUT2D eigenvalue weighted by molar-refractivity contribution is -0.875. The minimum absolute atomic E-state index is 0.311. The van der Waals surface area contributed by atoms with Crippen molar-refractivity contribution < 1.29 is 13.3 Å². The third-order valence-corrected chi connectivity index (χ3v) is 1.26. The number of quaternary nitrogens is 1. The first-order chi connectivity index (χ1) is 3.92. The Labute approximate surface area is 60.3 Å². The molecule has 5 heteroatoms. The van der Waals surface area contributed by atoms with Crippen LogP contribution in [0.1, 0.15) is 0 Å². The van der Waals surface area contributed by atoms with E-state index in [1.165, 1.54) is 0 Å². The zero-order chi connectivity index (χ0) is 7.49. The average Bonchev–Trinajstić information content (AvgIpc) is 1.59. The van der Waals surface area contributed by atoms with Gasteiger partial charge in [-0.2, -0.15) is 0 Å². The van der Waals surface area contributed by atoms with Crippen molar-refractivity contribution in [1.29, 1.82) is 0 Å². The Hall–Kier alpha value is 0.230. The van der Waals surface area contributed by atoms with E-state index >= 15 is 0 Å². The maximum atomic E-state index is 10.5. The third kappa shape index (κ3) is 8.23. The van der Waals surface area contributed by atoms with E-state index in [1.54, 1.807) is 0 Å². The SMILES string of the molecule is C=S(=O)(Cl)OC[NH+](C)C. The summed E-state index contributed by atoms with van der Waals surface area (Å²) in [5.74, 6) is 3.10. The number of nitrogens with one attached hydrogen (secondary N) is 1. The van der Waals surface area contributed by atoms with Gasteiger partial charge < -0.3 is 4.90 Å². The second kappa shape index (κ2) is 3.41. The van der Waals surface area contributed by atoms with Crippen LogP contribution in [0.25, 0.3) is 0 Å². The maximum absolute atomic E-state index is 10.5. The van der Waals surface area contributed by atoms with Gasteiger partial charge in [-0.25, -0.2) is 8.39 Å².